The van der Waals surface area contributed by atoms with Crippen molar-refractivity contribution in [3.8, 4) is 0 Å². The monoisotopic (exact) mass is 322 g/mol. The minimum Gasteiger partial charge on any atom is -0.271 e. The topological polar surface area (TPSA) is 38.0 Å². The van der Waals surface area contributed by atoms with E-state index in [1.807, 2.05) is 18.2 Å². The maximum absolute atomic E-state index is 6.06. The molecule has 0 aliphatic carbocycles. The molecule has 21 heavy (non-hydrogen) atoms. The van der Waals surface area contributed by atoms with Gasteiger partial charge in [-0.1, -0.05) is 67.4 Å². The Kier molecular flexibility index (Phi) is 5.65. The Labute approximate surface area is 136 Å². The number of hydrogen-bond acceptors (Lipinski definition) is 2. The van der Waals surface area contributed by atoms with Gasteiger partial charge in [0.15, 0.2) is 0 Å². The predicted molar refractivity (Wildman–Crippen MR) is 90.8 cm³/mol. The van der Waals surface area contributed by atoms with E-state index in [1.54, 1.807) is 0 Å². The molecule has 0 saturated carbocycles. The highest BCUT2D eigenvalue weighted by atomic mass is 35.5. The van der Waals surface area contributed by atoms with Crippen LogP contribution in [0.3, 0.4) is 0 Å². The third-order valence-electron chi connectivity index (χ3n) is 3.63. The number of nitrogens with two attached hydrogens (primary N) is 1. The van der Waals surface area contributed by atoms with Gasteiger partial charge >= 0.3 is 0 Å². The lowest BCUT2D eigenvalue weighted by molar-refractivity contribution is 0.551. The summed E-state index contributed by atoms with van der Waals surface area (Å²) in [6.07, 6.45) is 0.758. The first-order valence-electron chi connectivity index (χ1n) is 7.01. The van der Waals surface area contributed by atoms with Gasteiger partial charge in [-0.15, -0.1) is 0 Å². The second-order valence-corrected chi connectivity index (χ2v) is 6.31. The molecule has 1 unspecified atom stereocenters. The smallest absolute Gasteiger partial charge is 0.0595 e. The average molecular weight is 323 g/mol. The van der Waals surface area contributed by atoms with Gasteiger partial charge in [-0.05, 0) is 41.2 Å². The van der Waals surface area contributed by atoms with E-state index in [2.05, 4.69) is 43.5 Å². The summed E-state index contributed by atoms with van der Waals surface area (Å²) >= 11 is 12.0. The zero-order valence-electron chi connectivity index (χ0n) is 12.2. The molecule has 0 spiro atoms. The molecule has 0 aromatic heterocycles. The quantitative estimate of drug-likeness (QED) is 0.609. The van der Waals surface area contributed by atoms with E-state index in [0.29, 0.717) is 16.0 Å². The first kappa shape index (κ1) is 16.3. The number of halogens is 2. The summed E-state index contributed by atoms with van der Waals surface area (Å²) in [4.78, 5) is 0. The molecule has 112 valence electrons. The third-order valence-corrected chi connectivity index (χ3v) is 4.37. The molecular formula is C17H20Cl2N2. The fourth-order valence-electron chi connectivity index (χ4n) is 2.29. The molecular weight excluding hydrogens is 303 g/mol. The molecule has 2 nitrogen and oxygen atoms in total. The van der Waals surface area contributed by atoms with Crippen LogP contribution in [0.25, 0.3) is 0 Å². The highest BCUT2D eigenvalue weighted by Crippen LogP contribution is 2.26. The van der Waals surface area contributed by atoms with E-state index in [9.17, 15) is 0 Å². The summed E-state index contributed by atoms with van der Waals surface area (Å²) in [7, 11) is 0. The number of nitrogens with one attached hydrogen (secondary N) is 1. The second kappa shape index (κ2) is 7.28. The first-order chi connectivity index (χ1) is 10.0. The summed E-state index contributed by atoms with van der Waals surface area (Å²) < 4.78 is 0. The van der Waals surface area contributed by atoms with E-state index in [1.165, 1.54) is 5.56 Å². The molecule has 0 saturated heterocycles. The van der Waals surface area contributed by atoms with Crippen molar-refractivity contribution in [2.75, 3.05) is 0 Å². The van der Waals surface area contributed by atoms with Crippen LogP contribution in [0.5, 0.6) is 0 Å². The van der Waals surface area contributed by atoms with E-state index < -0.39 is 0 Å². The number of rotatable bonds is 5. The van der Waals surface area contributed by atoms with Crippen molar-refractivity contribution in [3.05, 3.63) is 69.2 Å². The van der Waals surface area contributed by atoms with Crippen LogP contribution >= 0.6 is 23.2 Å². The molecule has 2 aromatic carbocycles. The van der Waals surface area contributed by atoms with Crippen LogP contribution in [0.2, 0.25) is 10.0 Å². The van der Waals surface area contributed by atoms with Crippen LogP contribution in [0.1, 0.15) is 42.5 Å². The standard InChI is InChI=1S/C17H20Cl2N2/c1-11(2)13-4-6-14(7-5-13)17(21-20)10-12-3-8-15(18)16(19)9-12/h3-9,11,17,21H,10,20H2,1-2H3. The van der Waals surface area contributed by atoms with Crippen LogP contribution < -0.4 is 11.3 Å². The minimum absolute atomic E-state index is 0.0449. The lowest BCUT2D eigenvalue weighted by Crippen LogP contribution is -2.29. The maximum Gasteiger partial charge on any atom is 0.0595 e. The fraction of sp³-hybridized carbons (Fsp3) is 0.294. The van der Waals surface area contributed by atoms with E-state index in [0.717, 1.165) is 17.5 Å². The van der Waals surface area contributed by atoms with Crippen molar-refractivity contribution in [2.45, 2.75) is 32.2 Å². The molecule has 0 amide bonds. The van der Waals surface area contributed by atoms with Gasteiger partial charge in [-0.2, -0.15) is 0 Å². The second-order valence-electron chi connectivity index (χ2n) is 5.49. The van der Waals surface area contributed by atoms with Crippen molar-refractivity contribution in [3.63, 3.8) is 0 Å². The molecule has 0 aliphatic heterocycles. The largest absolute Gasteiger partial charge is 0.271 e. The van der Waals surface area contributed by atoms with E-state index >= 15 is 0 Å². The molecule has 2 rings (SSSR count). The van der Waals surface area contributed by atoms with Crippen molar-refractivity contribution >= 4 is 23.2 Å². The van der Waals surface area contributed by atoms with Crippen LogP contribution in [-0.2, 0) is 6.42 Å². The van der Waals surface area contributed by atoms with Crippen LogP contribution in [0, 0.1) is 0 Å². The zero-order valence-corrected chi connectivity index (χ0v) is 13.7. The van der Waals surface area contributed by atoms with Crippen molar-refractivity contribution < 1.29 is 0 Å². The van der Waals surface area contributed by atoms with Gasteiger partial charge in [0.1, 0.15) is 0 Å². The minimum atomic E-state index is 0.0449. The summed E-state index contributed by atoms with van der Waals surface area (Å²) in [6.45, 7) is 4.37. The Balaban J connectivity index is 2.17. The highest BCUT2D eigenvalue weighted by molar-refractivity contribution is 6.42. The normalized spacial score (nSPS) is 12.7. The van der Waals surface area contributed by atoms with Crippen LogP contribution in [0.4, 0.5) is 0 Å². The Morgan fingerprint density at radius 2 is 1.57 bits per heavy atom. The van der Waals surface area contributed by atoms with Crippen molar-refractivity contribution in [1.29, 1.82) is 0 Å². The van der Waals surface area contributed by atoms with Gasteiger partial charge in [0.2, 0.25) is 0 Å². The third kappa shape index (κ3) is 4.21. The van der Waals surface area contributed by atoms with Gasteiger partial charge < -0.3 is 0 Å². The molecule has 0 aliphatic rings. The number of hydrogen-bond donors (Lipinski definition) is 2. The van der Waals surface area contributed by atoms with Crippen molar-refractivity contribution in [2.24, 2.45) is 5.84 Å². The molecule has 2 aromatic rings. The lowest BCUT2D eigenvalue weighted by atomic mass is 9.96. The summed E-state index contributed by atoms with van der Waals surface area (Å²) in [6, 6.07) is 14.3. The van der Waals surface area contributed by atoms with Crippen molar-refractivity contribution in [1.82, 2.24) is 5.43 Å². The van der Waals surface area contributed by atoms with Gasteiger partial charge in [-0.3, -0.25) is 11.3 Å². The van der Waals surface area contributed by atoms with Gasteiger partial charge in [0.25, 0.3) is 0 Å². The summed E-state index contributed by atoms with van der Waals surface area (Å²) in [5, 5.41) is 1.14. The van der Waals surface area contributed by atoms with Gasteiger partial charge in [0.05, 0.1) is 10.0 Å². The van der Waals surface area contributed by atoms with Crippen LogP contribution in [0.15, 0.2) is 42.5 Å². The van der Waals surface area contributed by atoms with Crippen LogP contribution in [-0.4, -0.2) is 0 Å². The molecule has 0 fully saturated rings. The average Bonchev–Trinajstić information content (AvgIpc) is 2.48. The van der Waals surface area contributed by atoms with E-state index in [4.69, 9.17) is 29.0 Å². The fourth-order valence-corrected chi connectivity index (χ4v) is 2.61. The summed E-state index contributed by atoms with van der Waals surface area (Å²) in [5.41, 5.74) is 6.45. The summed E-state index contributed by atoms with van der Waals surface area (Å²) in [5.74, 6) is 6.24. The molecule has 4 heteroatoms. The van der Waals surface area contributed by atoms with Gasteiger partial charge in [-0.25, -0.2) is 0 Å². The van der Waals surface area contributed by atoms with Gasteiger partial charge in [0, 0.05) is 6.04 Å². The van der Waals surface area contributed by atoms with E-state index in [-0.39, 0.29) is 6.04 Å². The highest BCUT2D eigenvalue weighted by Gasteiger charge is 2.12. The molecule has 0 heterocycles. The SMILES string of the molecule is CC(C)c1ccc(C(Cc2ccc(Cl)c(Cl)c2)NN)cc1. The predicted octanol–water partition coefficient (Wildman–Crippen LogP) is 4.86. The first-order valence-corrected chi connectivity index (χ1v) is 7.76. The molecule has 0 radical (unpaired) electrons. The Morgan fingerprint density at radius 1 is 0.952 bits per heavy atom. The number of benzene rings is 2. The number of hydrazine groups is 1. The maximum atomic E-state index is 6.06. The lowest BCUT2D eigenvalue weighted by Gasteiger charge is -2.18. The Hall–Kier alpha value is -1.06. The Morgan fingerprint density at radius 3 is 2.10 bits per heavy atom. The molecule has 3 N–H and O–H groups in total. The molecule has 1 atom stereocenters. The zero-order chi connectivity index (χ0) is 15.4. The Bertz CT molecular complexity index is 594. The molecule has 0 bridgehead atoms.